The van der Waals surface area contributed by atoms with Gasteiger partial charge >= 0.3 is 0 Å². The molecule has 2 fully saturated rings. The van der Waals surface area contributed by atoms with Crippen LogP contribution in [0.25, 0.3) is 0 Å². The number of aliphatic hydroxyl groups excluding tert-OH is 1. The molecular formula is C33H58NO3P. The van der Waals surface area contributed by atoms with Crippen molar-refractivity contribution in [3.63, 3.8) is 0 Å². The highest BCUT2D eigenvalue weighted by Crippen LogP contribution is 2.62. The third-order valence-electron chi connectivity index (χ3n) is 9.24. The molecule has 2 N–H and O–H groups in total. The first-order valence-electron chi connectivity index (χ1n) is 15.5. The molecule has 0 aromatic carbocycles. The van der Waals surface area contributed by atoms with Crippen LogP contribution in [0.4, 0.5) is 0 Å². The van der Waals surface area contributed by atoms with Crippen LogP contribution in [-0.2, 0) is 0 Å². The molecule has 5 atom stereocenters. The number of rotatable bonds is 15. The normalized spacial score (nSPS) is 28.3. The minimum absolute atomic E-state index is 0.205. The summed E-state index contributed by atoms with van der Waals surface area (Å²) >= 11 is 0. The summed E-state index contributed by atoms with van der Waals surface area (Å²) in [6.07, 6.45) is 21.5. The molecule has 2 aliphatic carbocycles. The summed E-state index contributed by atoms with van der Waals surface area (Å²) in [5.41, 5.74) is 3.30. The lowest BCUT2D eigenvalue weighted by Gasteiger charge is -2.46. The predicted octanol–water partition coefficient (Wildman–Crippen LogP) is 9.58. The average molecular weight is 548 g/mol. The van der Waals surface area contributed by atoms with E-state index in [0.717, 1.165) is 56.9 Å². The van der Waals surface area contributed by atoms with Gasteiger partial charge in [-0.05, 0) is 132 Å². The van der Waals surface area contributed by atoms with Gasteiger partial charge in [0.05, 0.1) is 17.2 Å². The van der Waals surface area contributed by atoms with Crippen molar-refractivity contribution in [1.29, 1.82) is 0 Å². The Morgan fingerprint density at radius 1 is 1.13 bits per heavy atom. The van der Waals surface area contributed by atoms with E-state index in [0.29, 0.717) is 10.8 Å². The third-order valence-corrected chi connectivity index (χ3v) is 13.3. The topological polar surface area (TPSA) is 69.9 Å². The Hall–Kier alpha value is -0.830. The first-order valence-corrected chi connectivity index (χ1v) is 17.1. The van der Waals surface area contributed by atoms with Crippen molar-refractivity contribution in [2.45, 2.75) is 166 Å². The highest BCUT2D eigenvalue weighted by atomic mass is 31.1. The van der Waals surface area contributed by atoms with Crippen LogP contribution in [0.2, 0.25) is 0 Å². The Bertz CT molecular complexity index is 829. The zero-order valence-corrected chi connectivity index (χ0v) is 26.4. The molecule has 0 radical (unpaired) electrons. The van der Waals surface area contributed by atoms with Gasteiger partial charge in [-0.15, -0.1) is 0 Å². The molecule has 4 nitrogen and oxygen atoms in total. The summed E-state index contributed by atoms with van der Waals surface area (Å²) in [5.74, 6) is 0. The van der Waals surface area contributed by atoms with Gasteiger partial charge in [0.1, 0.15) is 0 Å². The minimum atomic E-state index is -0.616. The van der Waals surface area contributed by atoms with Crippen LogP contribution < -0.4 is 0 Å². The molecular weight excluding hydrogens is 489 g/mol. The van der Waals surface area contributed by atoms with Gasteiger partial charge in [0, 0.05) is 0 Å². The first-order chi connectivity index (χ1) is 17.9. The van der Waals surface area contributed by atoms with E-state index in [2.05, 4.69) is 44.7 Å². The van der Waals surface area contributed by atoms with Gasteiger partial charge in [-0.3, -0.25) is 0 Å². The van der Waals surface area contributed by atoms with Crippen LogP contribution >= 0.6 is 7.92 Å². The lowest BCUT2D eigenvalue weighted by molar-refractivity contribution is 0.0681. The van der Waals surface area contributed by atoms with Crippen LogP contribution in [0.1, 0.15) is 138 Å². The molecule has 0 saturated heterocycles. The van der Waals surface area contributed by atoms with E-state index < -0.39 is 11.1 Å². The zero-order chi connectivity index (χ0) is 28.4. The Balaban J connectivity index is 2.23. The van der Waals surface area contributed by atoms with Crippen LogP contribution in [-0.4, -0.2) is 44.4 Å². The largest absolute Gasteiger partial charge is 0.390 e. The molecule has 38 heavy (non-hydrogen) atoms. The number of allylic oxidation sites excluding steroid dienone is 3. The molecule has 5 unspecified atom stereocenters. The number of hydrogen-bond donors (Lipinski definition) is 2. The van der Waals surface area contributed by atoms with E-state index in [-0.39, 0.29) is 14.0 Å². The summed E-state index contributed by atoms with van der Waals surface area (Å²) in [4.78, 5) is 11.5. The second kappa shape index (κ2) is 15.2. The van der Waals surface area contributed by atoms with Crippen molar-refractivity contribution in [3.05, 3.63) is 40.4 Å². The van der Waals surface area contributed by atoms with Crippen molar-refractivity contribution < 1.29 is 10.2 Å². The SMILES string of the molecule is C=C1/C(=C\C=C2/CCCC(C)(P(CCC)C(CCCC(C)(C)O)CCCC(C)(CC)N=O)C2)CCCC1O. The molecule has 0 spiro atoms. The molecule has 0 aromatic rings. The van der Waals surface area contributed by atoms with Crippen LogP contribution in [0.15, 0.2) is 40.6 Å². The van der Waals surface area contributed by atoms with Gasteiger partial charge in [0.15, 0.2) is 0 Å². The first kappa shape index (κ1) is 33.4. The monoisotopic (exact) mass is 547 g/mol. The van der Waals surface area contributed by atoms with E-state index in [1.165, 1.54) is 56.7 Å². The van der Waals surface area contributed by atoms with E-state index in [4.69, 9.17) is 0 Å². The molecule has 0 heterocycles. The smallest absolute Gasteiger partial charge is 0.0996 e. The lowest BCUT2D eigenvalue weighted by atomic mass is 9.84. The van der Waals surface area contributed by atoms with Crippen molar-refractivity contribution in [3.8, 4) is 0 Å². The number of hydrogen-bond acceptors (Lipinski definition) is 4. The maximum atomic E-state index is 11.5. The fraction of sp³-hybridized carbons (Fsp3) is 0.818. The van der Waals surface area contributed by atoms with E-state index in [9.17, 15) is 15.1 Å². The molecule has 2 saturated carbocycles. The van der Waals surface area contributed by atoms with Gasteiger partial charge in [-0.25, -0.2) is 0 Å². The van der Waals surface area contributed by atoms with Crippen molar-refractivity contribution in [2.24, 2.45) is 5.18 Å². The maximum Gasteiger partial charge on any atom is 0.0996 e. The molecule has 0 aromatic heterocycles. The summed E-state index contributed by atoms with van der Waals surface area (Å²) in [6.45, 7) is 17.0. The van der Waals surface area contributed by atoms with Gasteiger partial charge in [0.25, 0.3) is 0 Å². The molecule has 2 aliphatic rings. The summed E-state index contributed by atoms with van der Waals surface area (Å²) in [6, 6.07) is 0. The summed E-state index contributed by atoms with van der Waals surface area (Å²) in [7, 11) is -0.205. The van der Waals surface area contributed by atoms with Crippen molar-refractivity contribution in [1.82, 2.24) is 0 Å². The minimum Gasteiger partial charge on any atom is -0.390 e. The maximum absolute atomic E-state index is 11.5. The molecule has 218 valence electrons. The van der Waals surface area contributed by atoms with Crippen LogP contribution in [0.5, 0.6) is 0 Å². The van der Waals surface area contributed by atoms with E-state index >= 15 is 0 Å². The van der Waals surface area contributed by atoms with E-state index in [1.54, 1.807) is 5.57 Å². The molecule has 0 amide bonds. The van der Waals surface area contributed by atoms with Gasteiger partial charge in [0.2, 0.25) is 0 Å². The summed E-state index contributed by atoms with van der Waals surface area (Å²) in [5, 5.41) is 24.4. The van der Waals surface area contributed by atoms with Crippen molar-refractivity contribution in [2.75, 3.05) is 6.16 Å². The third kappa shape index (κ3) is 10.3. The van der Waals surface area contributed by atoms with Gasteiger partial charge in [-0.2, -0.15) is 4.91 Å². The van der Waals surface area contributed by atoms with Gasteiger partial charge < -0.3 is 10.2 Å². The Labute approximate surface area is 235 Å². The standard InChI is InChI=1S/C33H58NO3P/c1-8-24-38(29(16-12-21-31(4,5)36)17-13-22-32(6,9-2)34-37)33(7)23-11-14-27(25-33)19-20-28-15-10-18-30(35)26(28)3/h19-20,29-30,35-36H,3,8-18,21-25H2,1-2,4-7H3/b27-19+,28-20-. The zero-order valence-electron chi connectivity index (χ0n) is 25.5. The lowest BCUT2D eigenvalue weighted by Crippen LogP contribution is -2.32. The van der Waals surface area contributed by atoms with Gasteiger partial charge in [-0.1, -0.05) is 71.0 Å². The molecule has 0 bridgehead atoms. The fourth-order valence-corrected chi connectivity index (χ4v) is 10.7. The predicted molar refractivity (Wildman–Crippen MR) is 166 cm³/mol. The average Bonchev–Trinajstić information content (AvgIpc) is 2.86. The van der Waals surface area contributed by atoms with Crippen LogP contribution in [0, 0.1) is 4.91 Å². The highest BCUT2D eigenvalue weighted by molar-refractivity contribution is 7.60. The van der Waals surface area contributed by atoms with E-state index in [1.807, 2.05) is 20.8 Å². The molecule has 2 rings (SSSR count). The Kier molecular flexibility index (Phi) is 13.4. The van der Waals surface area contributed by atoms with Crippen molar-refractivity contribution >= 4 is 7.92 Å². The number of nitroso groups, excluding NO2 is 1. The number of nitrogens with zero attached hydrogens (tertiary/aromatic N) is 1. The highest BCUT2D eigenvalue weighted by Gasteiger charge is 2.40. The second-order valence-corrected chi connectivity index (χ2v) is 16.6. The fourth-order valence-electron chi connectivity index (χ4n) is 6.56. The Morgan fingerprint density at radius 3 is 2.42 bits per heavy atom. The number of aliphatic hydroxyl groups is 2. The Morgan fingerprint density at radius 2 is 1.82 bits per heavy atom. The molecule has 0 aliphatic heterocycles. The summed E-state index contributed by atoms with van der Waals surface area (Å²) < 4.78 is 0. The second-order valence-electron chi connectivity index (χ2n) is 13.4. The molecule has 5 heteroatoms. The van der Waals surface area contributed by atoms with Crippen LogP contribution in [0.3, 0.4) is 0 Å². The quantitative estimate of drug-likeness (QED) is 0.158.